The topological polar surface area (TPSA) is 64.3 Å². The van der Waals surface area contributed by atoms with Gasteiger partial charge in [-0.1, -0.05) is 20.8 Å². The summed E-state index contributed by atoms with van der Waals surface area (Å²) in [6.07, 6.45) is 3.44. The molecule has 0 aromatic heterocycles. The molecule has 4 heteroatoms. The smallest absolute Gasteiger partial charge is 0.220 e. The fourth-order valence-electron chi connectivity index (χ4n) is 2.90. The molecular formula is C16H32N2O2. The molecule has 0 bridgehead atoms. The Morgan fingerprint density at radius 1 is 1.45 bits per heavy atom. The van der Waals surface area contributed by atoms with Gasteiger partial charge in [-0.3, -0.25) is 4.79 Å². The molecule has 3 unspecified atom stereocenters. The van der Waals surface area contributed by atoms with E-state index in [2.05, 4.69) is 33.0 Å². The lowest BCUT2D eigenvalue weighted by Gasteiger charge is -2.32. The molecule has 3 atom stereocenters. The summed E-state index contributed by atoms with van der Waals surface area (Å²) < 4.78 is 5.56. The fraction of sp³-hybridized carbons (Fsp3) is 0.938. The van der Waals surface area contributed by atoms with Gasteiger partial charge in [-0.25, -0.2) is 0 Å². The Labute approximate surface area is 123 Å². The Morgan fingerprint density at radius 2 is 2.10 bits per heavy atom. The number of nitrogens with one attached hydrogen (secondary N) is 1. The highest BCUT2D eigenvalue weighted by Crippen LogP contribution is 2.32. The number of nitrogens with two attached hydrogens (primary N) is 1. The van der Waals surface area contributed by atoms with Crippen LogP contribution in [-0.2, 0) is 9.53 Å². The molecule has 0 saturated carbocycles. The minimum atomic E-state index is -0.206. The summed E-state index contributed by atoms with van der Waals surface area (Å²) >= 11 is 0. The normalized spacial score (nSPS) is 28.4. The van der Waals surface area contributed by atoms with Crippen molar-refractivity contribution in [1.82, 2.24) is 5.32 Å². The second-order valence-electron chi connectivity index (χ2n) is 7.41. The lowest BCUT2D eigenvalue weighted by molar-refractivity contribution is -0.124. The first-order valence-corrected chi connectivity index (χ1v) is 7.82. The number of carbonyl (C=O) groups is 1. The maximum absolute atomic E-state index is 12.2. The van der Waals surface area contributed by atoms with Crippen LogP contribution < -0.4 is 11.1 Å². The molecule has 1 aliphatic rings. The molecule has 1 fully saturated rings. The molecule has 1 rings (SSSR count). The average molecular weight is 284 g/mol. The van der Waals surface area contributed by atoms with Gasteiger partial charge in [0.25, 0.3) is 0 Å². The lowest BCUT2D eigenvalue weighted by atomic mass is 9.76. The van der Waals surface area contributed by atoms with Gasteiger partial charge < -0.3 is 15.8 Å². The highest BCUT2D eigenvalue weighted by molar-refractivity contribution is 5.76. The van der Waals surface area contributed by atoms with Crippen molar-refractivity contribution in [2.24, 2.45) is 17.1 Å². The average Bonchev–Trinajstić information content (AvgIpc) is 2.63. The fourth-order valence-corrected chi connectivity index (χ4v) is 2.90. The number of ether oxygens (including phenoxy) is 1. The highest BCUT2D eigenvalue weighted by Gasteiger charge is 2.38. The second-order valence-corrected chi connectivity index (χ2v) is 7.41. The molecule has 1 heterocycles. The molecule has 4 nitrogen and oxygen atoms in total. The van der Waals surface area contributed by atoms with Crippen LogP contribution in [0.25, 0.3) is 0 Å². The van der Waals surface area contributed by atoms with Gasteiger partial charge in [-0.15, -0.1) is 0 Å². The van der Waals surface area contributed by atoms with Crippen LogP contribution in [0.3, 0.4) is 0 Å². The van der Waals surface area contributed by atoms with Gasteiger partial charge in [-0.2, -0.15) is 0 Å². The van der Waals surface area contributed by atoms with Crippen LogP contribution in [-0.4, -0.2) is 30.7 Å². The Balaban J connectivity index is 2.46. The van der Waals surface area contributed by atoms with E-state index in [9.17, 15) is 4.79 Å². The van der Waals surface area contributed by atoms with Gasteiger partial charge in [0.15, 0.2) is 0 Å². The number of rotatable bonds is 6. The minimum Gasteiger partial charge on any atom is -0.376 e. The summed E-state index contributed by atoms with van der Waals surface area (Å²) in [5, 5.41) is 3.16. The molecule has 3 N–H and O–H groups in total. The van der Waals surface area contributed by atoms with Crippen molar-refractivity contribution in [2.45, 2.75) is 71.9 Å². The molecule has 0 aromatic rings. The van der Waals surface area contributed by atoms with Crippen molar-refractivity contribution in [3.05, 3.63) is 0 Å². The zero-order valence-corrected chi connectivity index (χ0v) is 13.8. The summed E-state index contributed by atoms with van der Waals surface area (Å²) in [5.41, 5.74) is 5.68. The predicted molar refractivity (Wildman–Crippen MR) is 82.4 cm³/mol. The van der Waals surface area contributed by atoms with Crippen molar-refractivity contribution < 1.29 is 9.53 Å². The van der Waals surface area contributed by atoms with Gasteiger partial charge >= 0.3 is 0 Å². The number of hydrogen-bond acceptors (Lipinski definition) is 3. The van der Waals surface area contributed by atoms with E-state index in [4.69, 9.17) is 10.5 Å². The summed E-state index contributed by atoms with van der Waals surface area (Å²) in [6.45, 7) is 12.2. The van der Waals surface area contributed by atoms with Crippen LogP contribution in [0.5, 0.6) is 0 Å². The quantitative estimate of drug-likeness (QED) is 0.787. The molecule has 0 aromatic carbocycles. The zero-order valence-electron chi connectivity index (χ0n) is 13.8. The van der Waals surface area contributed by atoms with Gasteiger partial charge in [0, 0.05) is 13.0 Å². The molecule has 1 aliphatic heterocycles. The number of carbonyl (C=O) groups excluding carboxylic acids is 1. The van der Waals surface area contributed by atoms with E-state index in [1.165, 1.54) is 0 Å². The van der Waals surface area contributed by atoms with Gasteiger partial charge in [0.1, 0.15) is 0 Å². The van der Waals surface area contributed by atoms with Gasteiger partial charge in [-0.05, 0) is 51.0 Å². The van der Waals surface area contributed by atoms with Crippen LogP contribution in [0, 0.1) is 11.3 Å². The first-order valence-electron chi connectivity index (χ1n) is 7.82. The zero-order chi connectivity index (χ0) is 15.4. The summed E-state index contributed by atoms with van der Waals surface area (Å²) in [5.74, 6) is 0.624. The Hall–Kier alpha value is -0.610. The number of amides is 1. The van der Waals surface area contributed by atoms with Crippen LogP contribution in [0.15, 0.2) is 0 Å². The van der Waals surface area contributed by atoms with Gasteiger partial charge in [0.2, 0.25) is 5.91 Å². The Morgan fingerprint density at radius 3 is 2.55 bits per heavy atom. The standard InChI is InChI=1S/C16H32N2O2/c1-12-16(5,9-11-20-12)18-14(19)7-6-13(8-10-17)15(2,3)4/h12-13H,6-11,17H2,1-5H3,(H,18,19). The van der Waals surface area contributed by atoms with Crippen molar-refractivity contribution in [1.29, 1.82) is 0 Å². The second kappa shape index (κ2) is 6.90. The molecule has 0 spiro atoms. The van der Waals surface area contributed by atoms with Crippen LogP contribution in [0.1, 0.15) is 60.3 Å². The maximum Gasteiger partial charge on any atom is 0.220 e. The van der Waals surface area contributed by atoms with E-state index in [1.54, 1.807) is 0 Å². The Kier molecular flexibility index (Phi) is 6.02. The van der Waals surface area contributed by atoms with E-state index in [-0.39, 0.29) is 23.0 Å². The summed E-state index contributed by atoms with van der Waals surface area (Å²) in [6, 6.07) is 0. The largest absolute Gasteiger partial charge is 0.376 e. The Bertz CT molecular complexity index is 325. The molecular weight excluding hydrogens is 252 g/mol. The van der Waals surface area contributed by atoms with Crippen LogP contribution in [0.4, 0.5) is 0 Å². The SMILES string of the molecule is CC1OCCC1(C)NC(=O)CCC(CCN)C(C)(C)C. The molecule has 118 valence electrons. The molecule has 20 heavy (non-hydrogen) atoms. The highest BCUT2D eigenvalue weighted by atomic mass is 16.5. The van der Waals surface area contributed by atoms with E-state index >= 15 is 0 Å². The van der Waals surface area contributed by atoms with Crippen molar-refractivity contribution in [2.75, 3.05) is 13.2 Å². The first kappa shape index (κ1) is 17.4. The van der Waals surface area contributed by atoms with E-state index in [0.29, 0.717) is 18.9 Å². The monoisotopic (exact) mass is 284 g/mol. The third-order valence-corrected chi connectivity index (χ3v) is 4.77. The molecule has 0 radical (unpaired) electrons. The van der Waals surface area contributed by atoms with Crippen molar-refractivity contribution in [3.63, 3.8) is 0 Å². The molecule has 0 aliphatic carbocycles. The number of hydrogen-bond donors (Lipinski definition) is 2. The maximum atomic E-state index is 12.2. The summed E-state index contributed by atoms with van der Waals surface area (Å²) in [7, 11) is 0. The summed E-state index contributed by atoms with van der Waals surface area (Å²) in [4.78, 5) is 12.2. The predicted octanol–water partition coefficient (Wildman–Crippen LogP) is 2.46. The molecule has 1 amide bonds. The molecule has 1 saturated heterocycles. The van der Waals surface area contributed by atoms with E-state index in [0.717, 1.165) is 25.9 Å². The van der Waals surface area contributed by atoms with Crippen LogP contribution in [0.2, 0.25) is 0 Å². The lowest BCUT2D eigenvalue weighted by Crippen LogP contribution is -2.50. The van der Waals surface area contributed by atoms with Crippen molar-refractivity contribution in [3.8, 4) is 0 Å². The van der Waals surface area contributed by atoms with E-state index < -0.39 is 0 Å². The van der Waals surface area contributed by atoms with Crippen molar-refractivity contribution >= 4 is 5.91 Å². The first-order chi connectivity index (χ1) is 9.19. The third kappa shape index (κ3) is 4.74. The minimum absolute atomic E-state index is 0.0916. The third-order valence-electron chi connectivity index (χ3n) is 4.77. The van der Waals surface area contributed by atoms with E-state index in [1.807, 2.05) is 6.92 Å². The van der Waals surface area contributed by atoms with Gasteiger partial charge in [0.05, 0.1) is 11.6 Å². The van der Waals surface area contributed by atoms with Crippen LogP contribution >= 0.6 is 0 Å².